The summed E-state index contributed by atoms with van der Waals surface area (Å²) >= 11 is 7.68. The molecule has 0 nitrogen and oxygen atoms in total. The SMILES string of the molecule is CSc1ccc(C2(C)CC2CCl)cc1. The third kappa shape index (κ3) is 1.68. The summed E-state index contributed by atoms with van der Waals surface area (Å²) in [4.78, 5) is 1.33. The van der Waals surface area contributed by atoms with Gasteiger partial charge in [-0.05, 0) is 41.7 Å². The molecule has 1 fully saturated rings. The van der Waals surface area contributed by atoms with Crippen LogP contribution < -0.4 is 0 Å². The normalized spacial score (nSPS) is 30.4. The molecule has 2 heteroatoms. The molecule has 1 aromatic rings. The molecule has 1 aromatic carbocycles. The second kappa shape index (κ2) is 3.79. The largest absolute Gasteiger partial charge is 0.130 e. The van der Waals surface area contributed by atoms with E-state index in [1.165, 1.54) is 16.9 Å². The molecule has 14 heavy (non-hydrogen) atoms. The minimum atomic E-state index is 0.360. The van der Waals surface area contributed by atoms with Gasteiger partial charge in [0.05, 0.1) is 0 Å². The van der Waals surface area contributed by atoms with Gasteiger partial charge >= 0.3 is 0 Å². The molecule has 2 rings (SSSR count). The fourth-order valence-corrected chi connectivity index (χ4v) is 2.86. The first-order valence-corrected chi connectivity index (χ1v) is 6.67. The zero-order valence-corrected chi connectivity index (χ0v) is 10.2. The summed E-state index contributed by atoms with van der Waals surface area (Å²) in [5, 5.41) is 0. The first-order chi connectivity index (χ1) is 6.70. The fraction of sp³-hybridized carbons (Fsp3) is 0.500. The predicted octanol–water partition coefficient (Wildman–Crippen LogP) is 3.92. The third-order valence-electron chi connectivity index (χ3n) is 3.35. The van der Waals surface area contributed by atoms with Crippen molar-refractivity contribution in [3.63, 3.8) is 0 Å². The lowest BCUT2D eigenvalue weighted by Gasteiger charge is -2.11. The number of rotatable bonds is 3. The summed E-state index contributed by atoms with van der Waals surface area (Å²) in [6.07, 6.45) is 3.35. The molecule has 2 atom stereocenters. The van der Waals surface area contributed by atoms with Crippen molar-refractivity contribution in [2.45, 2.75) is 23.7 Å². The first kappa shape index (κ1) is 10.4. The van der Waals surface area contributed by atoms with Crippen LogP contribution in [-0.2, 0) is 5.41 Å². The van der Waals surface area contributed by atoms with Gasteiger partial charge in [0.25, 0.3) is 0 Å². The Morgan fingerprint density at radius 3 is 2.50 bits per heavy atom. The molecule has 0 saturated heterocycles. The van der Waals surface area contributed by atoms with Crippen molar-refractivity contribution in [2.75, 3.05) is 12.1 Å². The number of hydrogen-bond acceptors (Lipinski definition) is 1. The second-order valence-corrected chi connectivity index (χ2v) is 5.39. The standard InChI is InChI=1S/C12H15ClS/c1-12(7-10(12)8-13)9-3-5-11(14-2)6-4-9/h3-6,10H,7-8H2,1-2H3. The van der Waals surface area contributed by atoms with Gasteiger partial charge in [0.15, 0.2) is 0 Å². The zero-order chi connectivity index (χ0) is 10.2. The van der Waals surface area contributed by atoms with Crippen molar-refractivity contribution in [3.8, 4) is 0 Å². The number of thioether (sulfide) groups is 1. The predicted molar refractivity (Wildman–Crippen MR) is 64.4 cm³/mol. The molecule has 0 aromatic heterocycles. The Bertz CT molecular complexity index is 320. The Kier molecular flexibility index (Phi) is 2.81. The molecule has 1 saturated carbocycles. The van der Waals surface area contributed by atoms with Crippen LogP contribution in [0.25, 0.3) is 0 Å². The Labute approximate surface area is 95.0 Å². The molecular formula is C12H15ClS. The molecule has 1 aliphatic rings. The zero-order valence-electron chi connectivity index (χ0n) is 8.59. The van der Waals surface area contributed by atoms with Crippen molar-refractivity contribution in [2.24, 2.45) is 5.92 Å². The van der Waals surface area contributed by atoms with Crippen LogP contribution in [0.3, 0.4) is 0 Å². The summed E-state index contributed by atoms with van der Waals surface area (Å²) in [7, 11) is 0. The molecule has 0 bridgehead atoms. The fourth-order valence-electron chi connectivity index (χ4n) is 2.00. The Morgan fingerprint density at radius 2 is 2.07 bits per heavy atom. The highest BCUT2D eigenvalue weighted by molar-refractivity contribution is 7.98. The Hall–Kier alpha value is -0.140. The monoisotopic (exact) mass is 226 g/mol. The quantitative estimate of drug-likeness (QED) is 0.556. The van der Waals surface area contributed by atoms with Gasteiger partial charge < -0.3 is 0 Å². The van der Waals surface area contributed by atoms with Crippen LogP contribution >= 0.6 is 23.4 Å². The van der Waals surface area contributed by atoms with E-state index in [0.717, 1.165) is 5.88 Å². The van der Waals surface area contributed by atoms with Crippen molar-refractivity contribution < 1.29 is 0 Å². The van der Waals surface area contributed by atoms with E-state index in [0.29, 0.717) is 11.3 Å². The average molecular weight is 227 g/mol. The van der Waals surface area contributed by atoms with Crippen molar-refractivity contribution in [1.29, 1.82) is 0 Å². The summed E-state index contributed by atoms with van der Waals surface area (Å²) in [6, 6.07) is 8.90. The maximum absolute atomic E-state index is 5.89. The Morgan fingerprint density at radius 1 is 1.43 bits per heavy atom. The van der Waals surface area contributed by atoms with Gasteiger partial charge in [0.1, 0.15) is 0 Å². The molecule has 0 aliphatic heterocycles. The van der Waals surface area contributed by atoms with Gasteiger partial charge in [-0.2, -0.15) is 0 Å². The smallest absolute Gasteiger partial charge is 0.0260 e. The summed E-state index contributed by atoms with van der Waals surface area (Å²) in [6.45, 7) is 2.31. The lowest BCUT2D eigenvalue weighted by atomic mass is 9.96. The van der Waals surface area contributed by atoms with E-state index in [-0.39, 0.29) is 0 Å². The van der Waals surface area contributed by atoms with Crippen molar-refractivity contribution in [3.05, 3.63) is 29.8 Å². The molecule has 0 amide bonds. The minimum Gasteiger partial charge on any atom is -0.130 e. The van der Waals surface area contributed by atoms with Crippen LogP contribution in [0.1, 0.15) is 18.9 Å². The molecule has 0 radical (unpaired) electrons. The van der Waals surface area contributed by atoms with Crippen LogP contribution in [0.5, 0.6) is 0 Å². The first-order valence-electron chi connectivity index (χ1n) is 4.91. The molecule has 2 unspecified atom stereocenters. The number of halogens is 1. The average Bonchev–Trinajstić information content (AvgIpc) is 2.91. The van der Waals surface area contributed by atoms with Gasteiger partial charge in [-0.1, -0.05) is 19.1 Å². The summed E-state index contributed by atoms with van der Waals surface area (Å²) in [5.74, 6) is 1.48. The molecule has 0 heterocycles. The summed E-state index contributed by atoms with van der Waals surface area (Å²) < 4.78 is 0. The van der Waals surface area contributed by atoms with Crippen molar-refractivity contribution >= 4 is 23.4 Å². The van der Waals surface area contributed by atoms with E-state index >= 15 is 0 Å². The Balaban J connectivity index is 2.18. The van der Waals surface area contributed by atoms with Crippen LogP contribution in [0, 0.1) is 5.92 Å². The summed E-state index contributed by atoms with van der Waals surface area (Å²) in [5.41, 5.74) is 1.81. The van der Waals surface area contributed by atoms with Gasteiger partial charge in [0, 0.05) is 10.8 Å². The van der Waals surface area contributed by atoms with Gasteiger partial charge in [-0.15, -0.1) is 23.4 Å². The van der Waals surface area contributed by atoms with E-state index < -0.39 is 0 Å². The maximum atomic E-state index is 5.89. The third-order valence-corrected chi connectivity index (χ3v) is 4.46. The van der Waals surface area contributed by atoms with Crippen LogP contribution in [0.15, 0.2) is 29.2 Å². The van der Waals surface area contributed by atoms with Crippen LogP contribution in [-0.4, -0.2) is 12.1 Å². The topological polar surface area (TPSA) is 0 Å². The minimum absolute atomic E-state index is 0.360. The maximum Gasteiger partial charge on any atom is 0.0260 e. The molecule has 0 N–H and O–H groups in total. The van der Waals surface area contributed by atoms with E-state index in [4.69, 9.17) is 11.6 Å². The molecule has 1 aliphatic carbocycles. The lowest BCUT2D eigenvalue weighted by molar-refractivity contribution is 0.705. The van der Waals surface area contributed by atoms with Crippen LogP contribution in [0.4, 0.5) is 0 Å². The van der Waals surface area contributed by atoms with E-state index in [9.17, 15) is 0 Å². The highest BCUT2D eigenvalue weighted by atomic mass is 35.5. The number of alkyl halides is 1. The highest BCUT2D eigenvalue weighted by Crippen LogP contribution is 2.54. The van der Waals surface area contributed by atoms with Crippen molar-refractivity contribution in [1.82, 2.24) is 0 Å². The molecule has 76 valence electrons. The number of hydrogen-bond donors (Lipinski definition) is 0. The van der Waals surface area contributed by atoms with Gasteiger partial charge in [0.2, 0.25) is 0 Å². The number of benzene rings is 1. The van der Waals surface area contributed by atoms with E-state index in [1.807, 2.05) is 0 Å². The second-order valence-electron chi connectivity index (χ2n) is 4.20. The van der Waals surface area contributed by atoms with Gasteiger partial charge in [-0.3, -0.25) is 0 Å². The van der Waals surface area contributed by atoms with E-state index in [2.05, 4.69) is 37.4 Å². The molecular weight excluding hydrogens is 212 g/mol. The van der Waals surface area contributed by atoms with Crippen LogP contribution in [0.2, 0.25) is 0 Å². The van der Waals surface area contributed by atoms with Gasteiger partial charge in [-0.25, -0.2) is 0 Å². The van der Waals surface area contributed by atoms with E-state index in [1.54, 1.807) is 11.8 Å². The highest BCUT2D eigenvalue weighted by Gasteiger charge is 2.50. The molecule has 0 spiro atoms. The lowest BCUT2D eigenvalue weighted by Crippen LogP contribution is -2.04.